The maximum Gasteiger partial charge on any atom is 0.220 e. The van der Waals surface area contributed by atoms with E-state index in [-0.39, 0.29) is 18.3 Å². The van der Waals surface area contributed by atoms with E-state index in [1.165, 1.54) is 6.42 Å². The Morgan fingerprint density at radius 2 is 1.96 bits per heavy atom. The summed E-state index contributed by atoms with van der Waals surface area (Å²) in [6.07, 6.45) is 2.70. The third-order valence-corrected chi connectivity index (χ3v) is 5.20. The normalized spacial score (nSPS) is 16.2. The lowest BCUT2D eigenvalue weighted by atomic mass is 9.99. The monoisotopic (exact) mass is 412 g/mol. The van der Waals surface area contributed by atoms with Gasteiger partial charge in [-0.05, 0) is 55.1 Å². The van der Waals surface area contributed by atoms with Crippen molar-refractivity contribution in [2.75, 3.05) is 13.1 Å². The number of hydrogen-bond acceptors (Lipinski definition) is 2. The van der Waals surface area contributed by atoms with Crippen LogP contribution in [0.15, 0.2) is 42.5 Å². The molecule has 0 radical (unpaired) electrons. The highest BCUT2D eigenvalue weighted by molar-refractivity contribution is 6.36. The standard InChI is InChI=1S/C20H22Cl2N2O.ClH/c21-16-6-7-18(19(22)11-16)17-4-2-1-3-15(17)13-24-20(25)8-5-14-9-10-23-12-14;/h1-4,6-7,11,14,23H,5,8-10,12-13H2,(H,24,25);1H. The molecule has 1 fully saturated rings. The van der Waals surface area contributed by atoms with Gasteiger partial charge in [-0.25, -0.2) is 0 Å². The highest BCUT2D eigenvalue weighted by Gasteiger charge is 2.16. The number of hydrogen-bond donors (Lipinski definition) is 2. The molecule has 3 nitrogen and oxygen atoms in total. The predicted molar refractivity (Wildman–Crippen MR) is 111 cm³/mol. The third-order valence-electron chi connectivity index (χ3n) is 4.66. The van der Waals surface area contributed by atoms with Gasteiger partial charge in [-0.1, -0.05) is 53.5 Å². The van der Waals surface area contributed by atoms with Gasteiger partial charge in [-0.15, -0.1) is 12.4 Å². The van der Waals surface area contributed by atoms with Crippen LogP contribution in [-0.2, 0) is 11.3 Å². The number of rotatable bonds is 6. The summed E-state index contributed by atoms with van der Waals surface area (Å²) in [6.45, 7) is 2.60. The Morgan fingerprint density at radius 3 is 2.69 bits per heavy atom. The molecule has 2 aromatic carbocycles. The molecule has 2 N–H and O–H groups in total. The molecule has 3 rings (SSSR count). The molecule has 0 aromatic heterocycles. The smallest absolute Gasteiger partial charge is 0.220 e. The van der Waals surface area contributed by atoms with Gasteiger partial charge in [0.25, 0.3) is 0 Å². The number of carbonyl (C=O) groups is 1. The fraction of sp³-hybridized carbons (Fsp3) is 0.350. The zero-order chi connectivity index (χ0) is 17.6. The zero-order valence-electron chi connectivity index (χ0n) is 14.4. The zero-order valence-corrected chi connectivity index (χ0v) is 16.8. The van der Waals surface area contributed by atoms with E-state index >= 15 is 0 Å². The van der Waals surface area contributed by atoms with Crippen LogP contribution in [0.5, 0.6) is 0 Å². The van der Waals surface area contributed by atoms with Gasteiger partial charge in [0, 0.05) is 28.6 Å². The molecule has 0 saturated carbocycles. The highest BCUT2D eigenvalue weighted by Crippen LogP contribution is 2.32. The third kappa shape index (κ3) is 5.62. The van der Waals surface area contributed by atoms with Crippen molar-refractivity contribution in [3.8, 4) is 11.1 Å². The van der Waals surface area contributed by atoms with E-state index in [2.05, 4.69) is 10.6 Å². The maximum absolute atomic E-state index is 12.2. The summed E-state index contributed by atoms with van der Waals surface area (Å²) in [7, 11) is 0. The summed E-state index contributed by atoms with van der Waals surface area (Å²) < 4.78 is 0. The molecule has 1 saturated heterocycles. The second-order valence-corrected chi connectivity index (χ2v) is 7.30. The van der Waals surface area contributed by atoms with Crippen LogP contribution in [0.2, 0.25) is 10.0 Å². The van der Waals surface area contributed by atoms with Crippen molar-refractivity contribution in [2.24, 2.45) is 5.92 Å². The van der Waals surface area contributed by atoms with E-state index in [1.54, 1.807) is 6.07 Å². The topological polar surface area (TPSA) is 41.1 Å². The molecule has 1 heterocycles. The first-order valence-corrected chi connectivity index (χ1v) is 9.40. The summed E-state index contributed by atoms with van der Waals surface area (Å²) in [6, 6.07) is 13.5. The Morgan fingerprint density at radius 1 is 1.15 bits per heavy atom. The van der Waals surface area contributed by atoms with Crippen molar-refractivity contribution in [2.45, 2.75) is 25.8 Å². The largest absolute Gasteiger partial charge is 0.352 e. The SMILES string of the molecule is Cl.O=C(CCC1CCNC1)NCc1ccccc1-c1ccc(Cl)cc1Cl. The van der Waals surface area contributed by atoms with Crippen molar-refractivity contribution in [1.29, 1.82) is 0 Å². The summed E-state index contributed by atoms with van der Waals surface area (Å²) in [5, 5.41) is 7.59. The molecular weight excluding hydrogens is 391 g/mol. The summed E-state index contributed by atoms with van der Waals surface area (Å²) in [5.74, 6) is 0.731. The Bertz CT molecular complexity index is 746. The van der Waals surface area contributed by atoms with Crippen LogP contribution in [-0.4, -0.2) is 19.0 Å². The minimum absolute atomic E-state index is 0. The first-order valence-electron chi connectivity index (χ1n) is 8.64. The summed E-state index contributed by atoms with van der Waals surface area (Å²) >= 11 is 12.3. The maximum atomic E-state index is 12.2. The molecule has 0 spiro atoms. The highest BCUT2D eigenvalue weighted by atomic mass is 35.5. The van der Waals surface area contributed by atoms with Crippen molar-refractivity contribution in [3.63, 3.8) is 0 Å². The van der Waals surface area contributed by atoms with Gasteiger partial charge in [0.05, 0.1) is 0 Å². The predicted octanol–water partition coefficient (Wildman–Crippen LogP) is 5.09. The molecule has 1 amide bonds. The molecule has 26 heavy (non-hydrogen) atoms. The average Bonchev–Trinajstić information content (AvgIpc) is 3.12. The molecule has 0 aliphatic carbocycles. The average molecular weight is 414 g/mol. The molecule has 1 aliphatic heterocycles. The number of benzene rings is 2. The van der Waals surface area contributed by atoms with Crippen molar-refractivity contribution >= 4 is 41.5 Å². The number of amides is 1. The van der Waals surface area contributed by atoms with E-state index in [0.717, 1.165) is 36.2 Å². The van der Waals surface area contributed by atoms with Gasteiger partial charge in [0.2, 0.25) is 5.91 Å². The van der Waals surface area contributed by atoms with Crippen LogP contribution in [0.1, 0.15) is 24.8 Å². The fourth-order valence-electron chi connectivity index (χ4n) is 3.22. The van der Waals surface area contributed by atoms with Crippen molar-refractivity contribution < 1.29 is 4.79 Å². The summed E-state index contributed by atoms with van der Waals surface area (Å²) in [4.78, 5) is 12.2. The van der Waals surface area contributed by atoms with Crippen LogP contribution in [0.4, 0.5) is 0 Å². The van der Waals surface area contributed by atoms with Gasteiger partial charge in [-0.2, -0.15) is 0 Å². The van der Waals surface area contributed by atoms with Gasteiger partial charge >= 0.3 is 0 Å². The van der Waals surface area contributed by atoms with E-state index in [4.69, 9.17) is 23.2 Å². The van der Waals surface area contributed by atoms with Crippen LogP contribution in [0, 0.1) is 5.92 Å². The Kier molecular flexibility index (Phi) is 8.23. The van der Waals surface area contributed by atoms with E-state index in [1.807, 2.05) is 36.4 Å². The quantitative estimate of drug-likeness (QED) is 0.692. The molecule has 1 aliphatic rings. The second kappa shape index (κ2) is 10.2. The molecule has 0 bridgehead atoms. The number of nitrogens with one attached hydrogen (secondary N) is 2. The lowest BCUT2D eigenvalue weighted by Gasteiger charge is -2.13. The molecule has 1 atom stereocenters. The number of halogens is 3. The lowest BCUT2D eigenvalue weighted by Crippen LogP contribution is -2.23. The summed E-state index contributed by atoms with van der Waals surface area (Å²) in [5.41, 5.74) is 2.99. The minimum Gasteiger partial charge on any atom is -0.352 e. The lowest BCUT2D eigenvalue weighted by molar-refractivity contribution is -0.121. The van der Waals surface area contributed by atoms with Crippen molar-refractivity contribution in [3.05, 3.63) is 58.1 Å². The molecule has 140 valence electrons. The van der Waals surface area contributed by atoms with Gasteiger partial charge in [-0.3, -0.25) is 4.79 Å². The first-order chi connectivity index (χ1) is 12.1. The van der Waals surface area contributed by atoms with E-state index in [9.17, 15) is 4.79 Å². The second-order valence-electron chi connectivity index (χ2n) is 6.46. The minimum atomic E-state index is 0. The molecule has 6 heteroatoms. The first kappa shape index (κ1) is 21.0. The van der Waals surface area contributed by atoms with Crippen LogP contribution in [0.25, 0.3) is 11.1 Å². The van der Waals surface area contributed by atoms with Crippen LogP contribution < -0.4 is 10.6 Å². The van der Waals surface area contributed by atoms with Crippen LogP contribution >= 0.6 is 35.6 Å². The van der Waals surface area contributed by atoms with Crippen molar-refractivity contribution in [1.82, 2.24) is 10.6 Å². The van der Waals surface area contributed by atoms with Crippen LogP contribution in [0.3, 0.4) is 0 Å². The fourth-order valence-corrected chi connectivity index (χ4v) is 3.73. The Labute approximate surface area is 170 Å². The Balaban J connectivity index is 0.00000243. The van der Waals surface area contributed by atoms with E-state index in [0.29, 0.717) is 28.9 Å². The molecule has 1 unspecified atom stereocenters. The molecule has 2 aromatic rings. The van der Waals surface area contributed by atoms with Gasteiger partial charge in [0.1, 0.15) is 0 Å². The number of carbonyl (C=O) groups excluding carboxylic acids is 1. The van der Waals surface area contributed by atoms with Gasteiger partial charge in [0.15, 0.2) is 0 Å². The Hall–Kier alpha value is -1.26. The van der Waals surface area contributed by atoms with Gasteiger partial charge < -0.3 is 10.6 Å². The van der Waals surface area contributed by atoms with E-state index < -0.39 is 0 Å². The molecular formula is C20H23Cl3N2O.